The molecule has 0 radical (unpaired) electrons. The van der Waals surface area contributed by atoms with E-state index in [1.54, 1.807) is 12.1 Å². The molecule has 0 amide bonds. The van der Waals surface area contributed by atoms with E-state index in [9.17, 15) is 13.2 Å². The smallest absolute Gasteiger partial charge is 0.405 e. The first kappa shape index (κ1) is 18.8. The Morgan fingerprint density at radius 1 is 0.964 bits per heavy atom. The van der Waals surface area contributed by atoms with Gasteiger partial charge in [-0.05, 0) is 37.0 Å². The molecule has 0 atom stereocenters. The van der Waals surface area contributed by atoms with Crippen LogP contribution < -0.4 is 10.1 Å². The Morgan fingerprint density at radius 2 is 1.68 bits per heavy atom. The molecule has 1 N–H and O–H groups in total. The van der Waals surface area contributed by atoms with Gasteiger partial charge in [-0.25, -0.2) is 0 Å². The topological polar surface area (TPSA) is 33.6 Å². The average molecular weight is 388 g/mol. The zero-order chi connectivity index (χ0) is 19.6. The predicted molar refractivity (Wildman–Crippen MR) is 104 cm³/mol. The number of amidine groups is 1. The molecule has 2 aliphatic rings. The minimum absolute atomic E-state index is 0.0492. The van der Waals surface area contributed by atoms with E-state index in [1.807, 2.05) is 18.2 Å². The number of anilines is 1. The minimum atomic E-state index is -4.71. The third-order valence-corrected chi connectivity index (χ3v) is 5.72. The van der Waals surface area contributed by atoms with Crippen LogP contribution >= 0.6 is 0 Å². The highest BCUT2D eigenvalue weighted by Gasteiger charge is 2.41. The van der Waals surface area contributed by atoms with Crippen molar-refractivity contribution in [1.29, 1.82) is 0 Å². The van der Waals surface area contributed by atoms with Gasteiger partial charge in [0, 0.05) is 16.7 Å². The molecule has 1 aliphatic heterocycles. The summed E-state index contributed by atoms with van der Waals surface area (Å²) >= 11 is 0. The maximum Gasteiger partial charge on any atom is 0.573 e. The molecule has 1 saturated carbocycles. The highest BCUT2D eigenvalue weighted by Crippen LogP contribution is 2.45. The number of para-hydroxylation sites is 2. The third kappa shape index (κ3) is 4.01. The van der Waals surface area contributed by atoms with Gasteiger partial charge >= 0.3 is 6.36 Å². The number of benzene rings is 2. The van der Waals surface area contributed by atoms with Gasteiger partial charge in [-0.15, -0.1) is 13.2 Å². The number of nitrogens with one attached hydrogen (secondary N) is 1. The molecule has 0 bridgehead atoms. The van der Waals surface area contributed by atoms with Gasteiger partial charge < -0.3 is 10.1 Å². The number of rotatable bonds is 3. The molecular formula is C22H23F3N2O. The van der Waals surface area contributed by atoms with Gasteiger partial charge in [-0.3, -0.25) is 4.99 Å². The molecule has 1 aliphatic carbocycles. The number of halogens is 3. The lowest BCUT2D eigenvalue weighted by molar-refractivity contribution is -0.274. The quantitative estimate of drug-likeness (QED) is 0.689. The first-order chi connectivity index (χ1) is 13.5. The number of aliphatic imine (C=N–C) groups is 1. The maximum absolute atomic E-state index is 12.7. The molecule has 28 heavy (non-hydrogen) atoms. The first-order valence-electron chi connectivity index (χ1n) is 9.69. The van der Waals surface area contributed by atoms with Crippen molar-refractivity contribution in [2.24, 2.45) is 10.4 Å². The molecule has 2 aromatic rings. The zero-order valence-electron chi connectivity index (χ0n) is 15.6. The minimum Gasteiger partial charge on any atom is -0.405 e. The molecule has 148 valence electrons. The van der Waals surface area contributed by atoms with E-state index in [1.165, 1.54) is 24.1 Å². The number of ether oxygens (including phenoxy) is 1. The fraction of sp³-hybridized carbons (Fsp3) is 0.409. The van der Waals surface area contributed by atoms with Crippen LogP contribution in [0, 0.1) is 5.41 Å². The molecule has 3 nitrogen and oxygen atoms in total. The first-order valence-corrected chi connectivity index (χ1v) is 9.69. The molecule has 1 spiro atoms. The molecule has 0 unspecified atom stereocenters. The van der Waals surface area contributed by atoms with Crippen LogP contribution in [0.4, 0.5) is 18.9 Å². The second-order valence-corrected chi connectivity index (χ2v) is 7.62. The van der Waals surface area contributed by atoms with Crippen LogP contribution in [0.3, 0.4) is 0 Å². The van der Waals surface area contributed by atoms with E-state index >= 15 is 0 Å². The molecule has 2 aromatic carbocycles. The van der Waals surface area contributed by atoms with Gasteiger partial charge in [0.1, 0.15) is 11.6 Å². The number of alkyl halides is 3. The summed E-state index contributed by atoms with van der Waals surface area (Å²) < 4.78 is 42.3. The van der Waals surface area contributed by atoms with Crippen LogP contribution in [0.1, 0.15) is 43.2 Å². The second kappa shape index (κ2) is 7.49. The maximum atomic E-state index is 12.7. The Labute approximate surface area is 162 Å². The van der Waals surface area contributed by atoms with E-state index in [0.717, 1.165) is 43.6 Å². The number of fused-ring (bicyclic) bond motifs is 1. The van der Waals surface area contributed by atoms with Crippen molar-refractivity contribution in [3.63, 3.8) is 0 Å². The van der Waals surface area contributed by atoms with Gasteiger partial charge in [0.25, 0.3) is 0 Å². The SMILES string of the molecule is FC(F)(F)Oc1ccccc1CN=C1Nc2ccccc2CC12CCCCC2. The number of hydrogen-bond donors (Lipinski definition) is 1. The van der Waals surface area contributed by atoms with Crippen molar-refractivity contribution < 1.29 is 17.9 Å². The Hall–Kier alpha value is -2.50. The fourth-order valence-electron chi connectivity index (χ4n) is 4.38. The van der Waals surface area contributed by atoms with Crippen LogP contribution in [0.2, 0.25) is 0 Å². The van der Waals surface area contributed by atoms with Crippen molar-refractivity contribution in [3.05, 3.63) is 59.7 Å². The summed E-state index contributed by atoms with van der Waals surface area (Å²) in [7, 11) is 0. The number of nitrogens with zero attached hydrogens (tertiary/aromatic N) is 1. The Kier molecular flexibility index (Phi) is 5.04. The van der Waals surface area contributed by atoms with E-state index in [2.05, 4.69) is 16.1 Å². The summed E-state index contributed by atoms with van der Waals surface area (Å²) in [6.45, 7) is 0.151. The van der Waals surface area contributed by atoms with Crippen LogP contribution in [0.5, 0.6) is 5.75 Å². The van der Waals surface area contributed by atoms with Crippen molar-refractivity contribution in [1.82, 2.24) is 0 Å². The third-order valence-electron chi connectivity index (χ3n) is 5.72. The summed E-state index contributed by atoms with van der Waals surface area (Å²) in [5.74, 6) is 0.709. The molecule has 1 fully saturated rings. The van der Waals surface area contributed by atoms with E-state index in [-0.39, 0.29) is 17.7 Å². The van der Waals surface area contributed by atoms with Crippen molar-refractivity contribution in [3.8, 4) is 5.75 Å². The summed E-state index contributed by atoms with van der Waals surface area (Å²) in [4.78, 5) is 4.78. The van der Waals surface area contributed by atoms with E-state index < -0.39 is 6.36 Å². The highest BCUT2D eigenvalue weighted by molar-refractivity contribution is 6.02. The molecule has 4 rings (SSSR count). The van der Waals surface area contributed by atoms with Gasteiger partial charge in [0.15, 0.2) is 0 Å². The summed E-state index contributed by atoms with van der Waals surface area (Å²) in [6.07, 6.45) is 1.83. The normalized spacial score (nSPS) is 19.9. The van der Waals surface area contributed by atoms with Crippen LogP contribution in [-0.2, 0) is 13.0 Å². The lowest BCUT2D eigenvalue weighted by Crippen LogP contribution is -2.43. The van der Waals surface area contributed by atoms with Crippen molar-refractivity contribution in [2.75, 3.05) is 5.32 Å². The van der Waals surface area contributed by atoms with Gasteiger partial charge in [-0.1, -0.05) is 55.7 Å². The van der Waals surface area contributed by atoms with Crippen LogP contribution in [0.25, 0.3) is 0 Å². The summed E-state index contributed by atoms with van der Waals surface area (Å²) in [6, 6.07) is 14.4. The predicted octanol–water partition coefficient (Wildman–Crippen LogP) is 6.10. The van der Waals surface area contributed by atoms with Gasteiger partial charge in [-0.2, -0.15) is 0 Å². The monoisotopic (exact) mass is 388 g/mol. The molecule has 6 heteroatoms. The molecule has 0 aromatic heterocycles. The average Bonchev–Trinajstić information content (AvgIpc) is 2.67. The van der Waals surface area contributed by atoms with Gasteiger partial charge in [0.2, 0.25) is 0 Å². The standard InChI is InChI=1S/C22H23F3N2O/c23-22(24,25)28-19-11-5-3-9-17(19)15-26-20-21(12-6-1-7-13-21)14-16-8-2-4-10-18(16)27-20/h2-5,8-11H,1,6-7,12-15H2,(H,26,27). The Balaban J connectivity index is 1.64. The van der Waals surface area contributed by atoms with E-state index in [4.69, 9.17) is 4.99 Å². The summed E-state index contributed by atoms with van der Waals surface area (Å²) in [5, 5.41) is 3.48. The van der Waals surface area contributed by atoms with Crippen molar-refractivity contribution in [2.45, 2.75) is 51.4 Å². The van der Waals surface area contributed by atoms with Crippen molar-refractivity contribution >= 4 is 11.5 Å². The lowest BCUT2D eigenvalue weighted by Gasteiger charge is -2.42. The second-order valence-electron chi connectivity index (χ2n) is 7.62. The summed E-state index contributed by atoms with van der Waals surface area (Å²) in [5.41, 5.74) is 2.70. The Bertz CT molecular complexity index is 870. The lowest BCUT2D eigenvalue weighted by atomic mass is 9.67. The largest absolute Gasteiger partial charge is 0.573 e. The Morgan fingerprint density at radius 3 is 2.46 bits per heavy atom. The van der Waals surface area contributed by atoms with Crippen LogP contribution in [-0.4, -0.2) is 12.2 Å². The van der Waals surface area contributed by atoms with Crippen LogP contribution in [0.15, 0.2) is 53.5 Å². The van der Waals surface area contributed by atoms with E-state index in [0.29, 0.717) is 5.56 Å². The van der Waals surface area contributed by atoms with Gasteiger partial charge in [0.05, 0.1) is 6.54 Å². The number of hydrogen-bond acceptors (Lipinski definition) is 2. The molecular weight excluding hydrogens is 365 g/mol. The molecule has 0 saturated heterocycles. The molecule has 1 heterocycles. The fourth-order valence-corrected chi connectivity index (χ4v) is 4.38. The highest BCUT2D eigenvalue weighted by atomic mass is 19.4. The zero-order valence-corrected chi connectivity index (χ0v) is 15.6.